The molecule has 0 N–H and O–H groups in total. The van der Waals surface area contributed by atoms with Gasteiger partial charge in [-0.2, -0.15) is 0 Å². The van der Waals surface area contributed by atoms with E-state index in [1.165, 1.54) is 17.7 Å². The zero-order valence-corrected chi connectivity index (χ0v) is 16.6. The van der Waals surface area contributed by atoms with E-state index in [9.17, 15) is 18.0 Å². The van der Waals surface area contributed by atoms with E-state index in [-0.39, 0.29) is 23.7 Å². The maximum Gasteiger partial charge on any atom is 0.338 e. The maximum absolute atomic E-state index is 12.2. The van der Waals surface area contributed by atoms with Gasteiger partial charge in [-0.15, -0.1) is 0 Å². The summed E-state index contributed by atoms with van der Waals surface area (Å²) in [4.78, 5) is 24.3. The lowest BCUT2D eigenvalue weighted by atomic mass is 9.97. The van der Waals surface area contributed by atoms with Crippen LogP contribution in [0.5, 0.6) is 0 Å². The Hall–Kier alpha value is -2.47. The van der Waals surface area contributed by atoms with Crippen LogP contribution < -0.4 is 0 Å². The minimum absolute atomic E-state index is 0.0898. The number of sulfone groups is 1. The predicted molar refractivity (Wildman–Crippen MR) is 105 cm³/mol. The molecule has 0 heterocycles. The third-order valence-electron chi connectivity index (χ3n) is 4.37. The van der Waals surface area contributed by atoms with E-state index < -0.39 is 15.8 Å². The summed E-state index contributed by atoms with van der Waals surface area (Å²) in [5.41, 5.74) is 2.53. The molecule has 0 spiro atoms. The number of benzene rings is 2. The quantitative estimate of drug-likeness (QED) is 0.508. The fraction of sp³-hybridized carbons (Fsp3) is 0.333. The smallest absolute Gasteiger partial charge is 0.338 e. The number of hydrogen-bond donors (Lipinski definition) is 0. The summed E-state index contributed by atoms with van der Waals surface area (Å²) in [6, 6.07) is 13.4. The molecule has 0 aromatic heterocycles. The summed E-state index contributed by atoms with van der Waals surface area (Å²) in [5, 5.41) is 0. The van der Waals surface area contributed by atoms with Gasteiger partial charge in [0.15, 0.2) is 22.2 Å². The molecule has 1 atom stereocenters. The highest BCUT2D eigenvalue weighted by atomic mass is 32.2. The van der Waals surface area contributed by atoms with Gasteiger partial charge in [0.1, 0.15) is 0 Å². The first kappa shape index (κ1) is 20.8. The molecule has 6 heteroatoms. The molecular formula is C21H24O5S. The fourth-order valence-corrected chi connectivity index (χ4v) is 3.37. The summed E-state index contributed by atoms with van der Waals surface area (Å²) < 4.78 is 27.6. The molecule has 0 fully saturated rings. The van der Waals surface area contributed by atoms with Crippen LogP contribution in [0.4, 0.5) is 0 Å². The molecule has 0 aliphatic carbocycles. The molecule has 27 heavy (non-hydrogen) atoms. The summed E-state index contributed by atoms with van der Waals surface area (Å²) >= 11 is 0. The molecular weight excluding hydrogens is 364 g/mol. The topological polar surface area (TPSA) is 77.5 Å². The lowest BCUT2D eigenvalue weighted by Crippen LogP contribution is -2.14. The summed E-state index contributed by atoms with van der Waals surface area (Å²) in [5.74, 6) is -0.552. The van der Waals surface area contributed by atoms with Crippen LogP contribution in [-0.2, 0) is 20.3 Å². The molecule has 2 rings (SSSR count). The minimum Gasteiger partial charge on any atom is -0.454 e. The monoisotopic (exact) mass is 388 g/mol. The average Bonchev–Trinajstić information content (AvgIpc) is 2.64. The van der Waals surface area contributed by atoms with Gasteiger partial charge in [0.25, 0.3) is 0 Å². The van der Waals surface area contributed by atoms with Crippen LogP contribution in [0.3, 0.4) is 0 Å². The van der Waals surface area contributed by atoms with Crippen LogP contribution in [0.2, 0.25) is 0 Å². The van der Waals surface area contributed by atoms with Gasteiger partial charge in [-0.1, -0.05) is 50.2 Å². The summed E-state index contributed by atoms with van der Waals surface area (Å²) in [6.45, 7) is 3.89. The third-order valence-corrected chi connectivity index (χ3v) is 5.22. The van der Waals surface area contributed by atoms with E-state index in [1.54, 1.807) is 24.3 Å². The van der Waals surface area contributed by atoms with Crippen molar-refractivity contribution in [3.05, 3.63) is 70.8 Å². The molecule has 0 aliphatic rings. The minimum atomic E-state index is -3.13. The van der Waals surface area contributed by atoms with Crippen molar-refractivity contribution in [3.63, 3.8) is 0 Å². The number of ketones is 1. The Balaban J connectivity index is 1.93. The molecule has 0 unspecified atom stereocenters. The van der Waals surface area contributed by atoms with Crippen molar-refractivity contribution in [2.45, 2.75) is 31.9 Å². The molecule has 0 radical (unpaired) electrons. The first-order valence-electron chi connectivity index (χ1n) is 8.76. The van der Waals surface area contributed by atoms with E-state index in [0.717, 1.165) is 12.7 Å². The number of carbonyl (C=O) groups excluding carboxylic acids is 2. The van der Waals surface area contributed by atoms with Gasteiger partial charge in [-0.25, -0.2) is 13.2 Å². The van der Waals surface area contributed by atoms with Crippen molar-refractivity contribution >= 4 is 21.6 Å². The van der Waals surface area contributed by atoms with Gasteiger partial charge in [0.2, 0.25) is 0 Å². The highest BCUT2D eigenvalue weighted by molar-refractivity contribution is 7.89. The summed E-state index contributed by atoms with van der Waals surface area (Å²) in [6.07, 6.45) is 2.17. The standard InChI is InChI=1S/C21H24O5S/c1-4-15(2)17-9-11-18(12-10-17)20(22)13-26-21(23)19-7-5-16(6-8-19)14-27(3,24)25/h5-12,15H,4,13-14H2,1-3H3/t15-/m1/s1. The van der Waals surface area contributed by atoms with Crippen molar-refractivity contribution < 1.29 is 22.7 Å². The zero-order chi connectivity index (χ0) is 20.0. The fourth-order valence-electron chi connectivity index (χ4n) is 2.57. The Morgan fingerprint density at radius 2 is 1.52 bits per heavy atom. The largest absolute Gasteiger partial charge is 0.454 e. The molecule has 0 saturated carbocycles. The second-order valence-corrected chi connectivity index (χ2v) is 8.84. The van der Waals surface area contributed by atoms with Crippen LogP contribution in [0.1, 0.15) is 58.0 Å². The van der Waals surface area contributed by atoms with Crippen molar-refractivity contribution in [2.24, 2.45) is 0 Å². The normalized spacial score (nSPS) is 12.4. The SMILES string of the molecule is CC[C@@H](C)c1ccc(C(=O)COC(=O)c2ccc(CS(C)(=O)=O)cc2)cc1. The van der Waals surface area contributed by atoms with E-state index in [0.29, 0.717) is 17.0 Å². The molecule has 0 aliphatic heterocycles. The first-order chi connectivity index (χ1) is 12.7. The predicted octanol–water partition coefficient (Wildman–Crippen LogP) is 3.78. The Morgan fingerprint density at radius 1 is 0.963 bits per heavy atom. The van der Waals surface area contributed by atoms with E-state index >= 15 is 0 Å². The van der Waals surface area contributed by atoms with Gasteiger partial charge in [0.05, 0.1) is 11.3 Å². The molecule has 0 bridgehead atoms. The van der Waals surface area contributed by atoms with Crippen molar-refractivity contribution in [1.82, 2.24) is 0 Å². The van der Waals surface area contributed by atoms with Gasteiger partial charge >= 0.3 is 5.97 Å². The maximum atomic E-state index is 12.2. The molecule has 2 aromatic carbocycles. The Morgan fingerprint density at radius 3 is 2.04 bits per heavy atom. The lowest BCUT2D eigenvalue weighted by molar-refractivity contribution is 0.0474. The molecule has 0 amide bonds. The number of hydrogen-bond acceptors (Lipinski definition) is 5. The number of carbonyl (C=O) groups is 2. The van der Waals surface area contributed by atoms with Gasteiger partial charge in [-0.05, 0) is 35.6 Å². The second-order valence-electron chi connectivity index (χ2n) is 6.70. The Kier molecular flexibility index (Phi) is 6.91. The van der Waals surface area contributed by atoms with E-state index in [4.69, 9.17) is 4.74 Å². The van der Waals surface area contributed by atoms with Crippen molar-refractivity contribution in [1.29, 1.82) is 0 Å². The Labute approximate surface area is 160 Å². The number of esters is 1. The highest BCUT2D eigenvalue weighted by Crippen LogP contribution is 2.19. The zero-order valence-electron chi connectivity index (χ0n) is 15.8. The third kappa shape index (κ3) is 6.32. The van der Waals surface area contributed by atoms with Gasteiger partial charge in [-0.3, -0.25) is 4.79 Å². The number of ether oxygens (including phenoxy) is 1. The first-order valence-corrected chi connectivity index (χ1v) is 10.8. The molecule has 144 valence electrons. The van der Waals surface area contributed by atoms with Crippen LogP contribution in [0, 0.1) is 0 Å². The number of rotatable bonds is 8. The second kappa shape index (κ2) is 8.95. The van der Waals surface area contributed by atoms with Crippen molar-refractivity contribution in [3.8, 4) is 0 Å². The van der Waals surface area contributed by atoms with Crippen LogP contribution in [-0.4, -0.2) is 33.0 Å². The molecule has 2 aromatic rings. The van der Waals surface area contributed by atoms with Crippen LogP contribution in [0.15, 0.2) is 48.5 Å². The van der Waals surface area contributed by atoms with Crippen LogP contribution >= 0.6 is 0 Å². The van der Waals surface area contributed by atoms with Crippen molar-refractivity contribution in [2.75, 3.05) is 12.9 Å². The van der Waals surface area contributed by atoms with Crippen LogP contribution in [0.25, 0.3) is 0 Å². The molecule has 5 nitrogen and oxygen atoms in total. The molecule has 0 saturated heterocycles. The van der Waals surface area contributed by atoms with Gasteiger partial charge in [0, 0.05) is 11.8 Å². The Bertz CT molecular complexity index is 897. The highest BCUT2D eigenvalue weighted by Gasteiger charge is 2.13. The van der Waals surface area contributed by atoms with E-state index in [2.05, 4.69) is 13.8 Å². The average molecular weight is 388 g/mol. The summed E-state index contributed by atoms with van der Waals surface area (Å²) in [7, 11) is -3.13. The number of Topliss-reactive ketones (excluding diaryl/α,β-unsaturated/α-hetero) is 1. The van der Waals surface area contributed by atoms with E-state index in [1.807, 2.05) is 12.1 Å². The van der Waals surface area contributed by atoms with Gasteiger partial charge < -0.3 is 4.74 Å². The lowest BCUT2D eigenvalue weighted by Gasteiger charge is -2.09.